The Morgan fingerprint density at radius 3 is 2.52 bits per heavy atom. The number of thiophene rings is 1. The molecule has 1 aromatic heterocycles. The fraction of sp³-hybridized carbons (Fsp3) is 0.600. The number of ether oxygens (including phenoxy) is 1. The highest BCUT2D eigenvalue weighted by atomic mass is 32.1. The Labute approximate surface area is 129 Å². The number of amides is 1. The van der Waals surface area contributed by atoms with Crippen molar-refractivity contribution in [3.8, 4) is 6.07 Å². The van der Waals surface area contributed by atoms with Gasteiger partial charge < -0.3 is 9.64 Å². The van der Waals surface area contributed by atoms with Crippen LogP contribution >= 0.6 is 11.3 Å². The lowest BCUT2D eigenvalue weighted by molar-refractivity contribution is 0.0140. The van der Waals surface area contributed by atoms with Crippen LogP contribution in [0.25, 0.3) is 0 Å². The Kier molecular flexibility index (Phi) is 4.86. The molecule has 2 rings (SSSR count). The minimum Gasteiger partial charge on any atom is -0.444 e. The van der Waals surface area contributed by atoms with E-state index in [9.17, 15) is 4.79 Å². The van der Waals surface area contributed by atoms with Gasteiger partial charge in [0, 0.05) is 37.6 Å². The molecule has 1 aromatic rings. The number of nitriles is 1. The average molecular weight is 307 g/mol. The van der Waals surface area contributed by atoms with E-state index in [0.717, 1.165) is 24.5 Å². The molecular formula is C15H21N3O2S. The zero-order chi connectivity index (χ0) is 15.5. The predicted octanol–water partition coefficient (Wildman–Crippen LogP) is 2.67. The molecule has 0 unspecified atom stereocenters. The molecule has 21 heavy (non-hydrogen) atoms. The molecule has 1 aliphatic rings. The summed E-state index contributed by atoms with van der Waals surface area (Å²) in [6, 6.07) is 6.02. The van der Waals surface area contributed by atoms with Gasteiger partial charge in [0.2, 0.25) is 0 Å². The summed E-state index contributed by atoms with van der Waals surface area (Å²) >= 11 is 1.53. The highest BCUT2D eigenvalue weighted by Crippen LogP contribution is 2.18. The first-order chi connectivity index (χ1) is 9.87. The van der Waals surface area contributed by atoms with Gasteiger partial charge in [0.15, 0.2) is 0 Å². The summed E-state index contributed by atoms with van der Waals surface area (Å²) in [5.41, 5.74) is -0.446. The minimum atomic E-state index is -0.446. The maximum atomic E-state index is 12.0. The summed E-state index contributed by atoms with van der Waals surface area (Å²) in [6.45, 7) is 9.52. The Morgan fingerprint density at radius 1 is 1.33 bits per heavy atom. The van der Waals surface area contributed by atoms with E-state index in [-0.39, 0.29) is 6.09 Å². The summed E-state index contributed by atoms with van der Waals surface area (Å²) in [4.78, 5) is 18.0. The zero-order valence-electron chi connectivity index (χ0n) is 12.8. The number of piperazine rings is 1. The van der Waals surface area contributed by atoms with Crippen molar-refractivity contribution >= 4 is 17.4 Å². The summed E-state index contributed by atoms with van der Waals surface area (Å²) < 4.78 is 5.38. The summed E-state index contributed by atoms with van der Waals surface area (Å²) in [6.07, 6.45) is -0.231. The van der Waals surface area contributed by atoms with Crippen LogP contribution < -0.4 is 0 Å². The van der Waals surface area contributed by atoms with Gasteiger partial charge in [-0.1, -0.05) is 0 Å². The largest absolute Gasteiger partial charge is 0.444 e. The molecule has 0 spiro atoms. The Hall–Kier alpha value is -1.58. The summed E-state index contributed by atoms with van der Waals surface area (Å²) in [5.74, 6) is 0. The molecule has 5 nitrogen and oxygen atoms in total. The highest BCUT2D eigenvalue weighted by molar-refractivity contribution is 7.12. The second kappa shape index (κ2) is 6.46. The van der Waals surface area contributed by atoms with Gasteiger partial charge in [-0.3, -0.25) is 4.90 Å². The van der Waals surface area contributed by atoms with Crippen molar-refractivity contribution in [2.24, 2.45) is 0 Å². The number of rotatable bonds is 2. The molecule has 0 N–H and O–H groups in total. The lowest BCUT2D eigenvalue weighted by atomic mass is 10.2. The van der Waals surface area contributed by atoms with E-state index in [1.807, 2.05) is 32.9 Å². The van der Waals surface area contributed by atoms with Crippen molar-refractivity contribution < 1.29 is 9.53 Å². The van der Waals surface area contributed by atoms with E-state index in [1.165, 1.54) is 16.2 Å². The van der Waals surface area contributed by atoms with Gasteiger partial charge in [-0.15, -0.1) is 11.3 Å². The monoisotopic (exact) mass is 307 g/mol. The fourth-order valence-corrected chi connectivity index (χ4v) is 3.01. The standard InChI is InChI=1S/C15H21N3O2S/c1-15(2,3)20-14(19)18-8-6-17(7-9-18)11-13-5-4-12(10-16)21-13/h4-5H,6-9,11H2,1-3H3. The average Bonchev–Trinajstić information content (AvgIpc) is 2.85. The molecule has 1 amide bonds. The first-order valence-electron chi connectivity index (χ1n) is 7.06. The van der Waals surface area contributed by atoms with Crippen molar-refractivity contribution in [1.82, 2.24) is 9.80 Å². The van der Waals surface area contributed by atoms with Crippen LogP contribution in [0.4, 0.5) is 4.79 Å². The molecule has 6 heteroatoms. The van der Waals surface area contributed by atoms with Gasteiger partial charge in [-0.05, 0) is 32.9 Å². The SMILES string of the molecule is CC(C)(C)OC(=O)N1CCN(Cc2ccc(C#N)s2)CC1. The number of carbonyl (C=O) groups is 1. The van der Waals surface area contributed by atoms with Gasteiger partial charge in [0.1, 0.15) is 16.5 Å². The maximum absolute atomic E-state index is 12.0. The van der Waals surface area contributed by atoms with E-state index in [0.29, 0.717) is 13.1 Å². The molecule has 0 aromatic carbocycles. The molecular weight excluding hydrogens is 286 g/mol. The number of carbonyl (C=O) groups excluding carboxylic acids is 1. The van der Waals surface area contributed by atoms with Crippen LogP contribution in [0.1, 0.15) is 30.5 Å². The van der Waals surface area contributed by atoms with Crippen LogP contribution in [0, 0.1) is 11.3 Å². The van der Waals surface area contributed by atoms with Crippen molar-refractivity contribution in [2.45, 2.75) is 32.9 Å². The smallest absolute Gasteiger partial charge is 0.410 e. The van der Waals surface area contributed by atoms with Gasteiger partial charge in [0.05, 0.1) is 0 Å². The van der Waals surface area contributed by atoms with Crippen molar-refractivity contribution in [3.63, 3.8) is 0 Å². The van der Waals surface area contributed by atoms with Crippen molar-refractivity contribution in [1.29, 1.82) is 5.26 Å². The molecule has 0 aliphatic carbocycles. The zero-order valence-corrected chi connectivity index (χ0v) is 13.6. The van der Waals surface area contributed by atoms with Crippen molar-refractivity contribution in [2.75, 3.05) is 26.2 Å². The van der Waals surface area contributed by atoms with E-state index in [1.54, 1.807) is 4.90 Å². The van der Waals surface area contributed by atoms with E-state index in [2.05, 4.69) is 11.0 Å². The molecule has 0 saturated carbocycles. The van der Waals surface area contributed by atoms with Crippen LogP contribution in [-0.2, 0) is 11.3 Å². The number of hydrogen-bond acceptors (Lipinski definition) is 5. The van der Waals surface area contributed by atoms with Gasteiger partial charge in [-0.25, -0.2) is 4.79 Å². The number of hydrogen-bond donors (Lipinski definition) is 0. The third kappa shape index (κ3) is 4.73. The van der Waals surface area contributed by atoms with E-state index in [4.69, 9.17) is 10.00 Å². The highest BCUT2D eigenvalue weighted by Gasteiger charge is 2.25. The van der Waals surface area contributed by atoms with Crippen LogP contribution in [0.5, 0.6) is 0 Å². The lowest BCUT2D eigenvalue weighted by Gasteiger charge is -2.35. The molecule has 0 atom stereocenters. The summed E-state index contributed by atoms with van der Waals surface area (Å²) in [5, 5.41) is 8.83. The molecule has 114 valence electrons. The summed E-state index contributed by atoms with van der Waals surface area (Å²) in [7, 11) is 0. The van der Waals surface area contributed by atoms with Crippen LogP contribution in [0.3, 0.4) is 0 Å². The topological polar surface area (TPSA) is 56.6 Å². The Morgan fingerprint density at radius 2 is 2.00 bits per heavy atom. The molecule has 2 heterocycles. The second-order valence-corrected chi connectivity index (χ2v) is 7.29. The predicted molar refractivity (Wildman–Crippen MR) is 82.1 cm³/mol. The van der Waals surface area contributed by atoms with Crippen LogP contribution in [-0.4, -0.2) is 47.7 Å². The Balaban J connectivity index is 1.80. The second-order valence-electron chi connectivity index (χ2n) is 6.12. The molecule has 0 radical (unpaired) electrons. The minimum absolute atomic E-state index is 0.231. The molecule has 1 fully saturated rings. The van der Waals surface area contributed by atoms with E-state index >= 15 is 0 Å². The van der Waals surface area contributed by atoms with Gasteiger partial charge in [-0.2, -0.15) is 5.26 Å². The molecule has 0 bridgehead atoms. The van der Waals surface area contributed by atoms with Gasteiger partial charge in [0.25, 0.3) is 0 Å². The van der Waals surface area contributed by atoms with Gasteiger partial charge >= 0.3 is 6.09 Å². The third-order valence-electron chi connectivity index (χ3n) is 3.18. The molecule has 1 saturated heterocycles. The quantitative estimate of drug-likeness (QED) is 0.843. The normalized spacial score (nSPS) is 16.6. The fourth-order valence-electron chi connectivity index (χ4n) is 2.16. The first-order valence-corrected chi connectivity index (χ1v) is 7.88. The Bertz CT molecular complexity index is 534. The van der Waals surface area contributed by atoms with Crippen molar-refractivity contribution in [3.05, 3.63) is 21.9 Å². The lowest BCUT2D eigenvalue weighted by Crippen LogP contribution is -2.49. The maximum Gasteiger partial charge on any atom is 0.410 e. The van der Waals surface area contributed by atoms with Crippen LogP contribution in [0.15, 0.2) is 12.1 Å². The molecule has 1 aliphatic heterocycles. The number of nitrogens with zero attached hydrogens (tertiary/aromatic N) is 3. The van der Waals surface area contributed by atoms with Crippen LogP contribution in [0.2, 0.25) is 0 Å². The third-order valence-corrected chi connectivity index (χ3v) is 4.15. The first kappa shape index (κ1) is 15.8. The van der Waals surface area contributed by atoms with E-state index < -0.39 is 5.60 Å².